The van der Waals surface area contributed by atoms with E-state index in [1.807, 2.05) is 25.1 Å². The molecule has 3 aromatic rings. The van der Waals surface area contributed by atoms with Crippen LogP contribution in [0.2, 0.25) is 0 Å². The monoisotopic (exact) mass is 332 g/mol. The molecular formula is C18H15F3N2O. The molecular weight excluding hydrogens is 317 g/mol. The number of aryl methyl sites for hydroxylation is 1. The number of rotatable bonds is 4. The third-order valence-corrected chi connectivity index (χ3v) is 3.75. The molecule has 1 aromatic heterocycles. The average molecular weight is 332 g/mol. The number of hydrogen-bond acceptors (Lipinski definition) is 3. The van der Waals surface area contributed by atoms with E-state index in [4.69, 9.17) is 5.11 Å². The largest absolute Gasteiger partial charge is 0.395 e. The van der Waals surface area contributed by atoms with Crippen LogP contribution in [0.3, 0.4) is 0 Å². The zero-order valence-corrected chi connectivity index (χ0v) is 12.9. The molecule has 2 N–H and O–H groups in total. The first kappa shape index (κ1) is 16.3. The van der Waals surface area contributed by atoms with Gasteiger partial charge in [-0.1, -0.05) is 29.8 Å². The maximum absolute atomic E-state index is 14.4. The number of aliphatic hydroxyl groups excluding tert-OH is 1. The van der Waals surface area contributed by atoms with E-state index >= 15 is 0 Å². The summed E-state index contributed by atoms with van der Waals surface area (Å²) in [6.07, 6.45) is 1.48. The van der Waals surface area contributed by atoms with Crippen molar-refractivity contribution in [3.05, 3.63) is 59.5 Å². The normalized spacial score (nSPS) is 11.0. The minimum atomic E-state index is -1.54. The van der Waals surface area contributed by atoms with Gasteiger partial charge in [-0.25, -0.2) is 18.2 Å². The molecule has 0 aliphatic carbocycles. The van der Waals surface area contributed by atoms with Gasteiger partial charge in [0.25, 0.3) is 0 Å². The smallest absolute Gasteiger partial charge is 0.195 e. The van der Waals surface area contributed by atoms with Gasteiger partial charge < -0.3 is 10.4 Å². The molecule has 0 aliphatic rings. The number of halogens is 3. The van der Waals surface area contributed by atoms with Gasteiger partial charge in [0.2, 0.25) is 0 Å². The van der Waals surface area contributed by atoms with Crippen LogP contribution in [0.25, 0.3) is 21.9 Å². The van der Waals surface area contributed by atoms with Gasteiger partial charge in [0.15, 0.2) is 17.5 Å². The summed E-state index contributed by atoms with van der Waals surface area (Å²) in [7, 11) is 0. The van der Waals surface area contributed by atoms with Crippen LogP contribution < -0.4 is 5.32 Å². The fourth-order valence-electron chi connectivity index (χ4n) is 2.65. The number of pyridine rings is 1. The lowest BCUT2D eigenvalue weighted by Crippen LogP contribution is -2.09. The number of benzene rings is 2. The number of fused-ring (bicyclic) bond motifs is 1. The van der Waals surface area contributed by atoms with Crippen molar-refractivity contribution in [3.63, 3.8) is 0 Å². The molecule has 3 rings (SSSR count). The zero-order chi connectivity index (χ0) is 17.3. The first-order chi connectivity index (χ1) is 11.5. The number of anilines is 1. The Labute approximate surface area is 136 Å². The summed E-state index contributed by atoms with van der Waals surface area (Å²) in [5.41, 5.74) is 2.21. The zero-order valence-electron chi connectivity index (χ0n) is 12.9. The van der Waals surface area contributed by atoms with Crippen molar-refractivity contribution in [1.29, 1.82) is 0 Å². The Kier molecular flexibility index (Phi) is 4.40. The first-order valence-corrected chi connectivity index (χ1v) is 7.41. The topological polar surface area (TPSA) is 45.2 Å². The van der Waals surface area contributed by atoms with Gasteiger partial charge >= 0.3 is 0 Å². The lowest BCUT2D eigenvalue weighted by atomic mass is 9.98. The Morgan fingerprint density at radius 3 is 2.62 bits per heavy atom. The van der Waals surface area contributed by atoms with E-state index in [0.29, 0.717) is 5.56 Å². The average Bonchev–Trinajstić information content (AvgIpc) is 2.57. The van der Waals surface area contributed by atoms with E-state index in [1.54, 1.807) is 6.07 Å². The summed E-state index contributed by atoms with van der Waals surface area (Å²) in [4.78, 5) is 4.13. The van der Waals surface area contributed by atoms with Gasteiger partial charge in [-0.2, -0.15) is 0 Å². The fourth-order valence-corrected chi connectivity index (χ4v) is 2.65. The molecule has 0 atom stereocenters. The van der Waals surface area contributed by atoms with Gasteiger partial charge in [0.05, 0.1) is 12.0 Å². The predicted octanol–water partition coefficient (Wildman–Crippen LogP) is 4.03. The number of nitrogens with one attached hydrogen (secondary N) is 1. The molecule has 0 spiro atoms. The second-order valence-electron chi connectivity index (χ2n) is 5.45. The summed E-state index contributed by atoms with van der Waals surface area (Å²) < 4.78 is 41.8. The van der Waals surface area contributed by atoms with Crippen LogP contribution >= 0.6 is 0 Å². The third-order valence-electron chi connectivity index (χ3n) is 3.75. The maximum Gasteiger partial charge on any atom is 0.195 e. The van der Waals surface area contributed by atoms with Crippen molar-refractivity contribution < 1.29 is 18.3 Å². The fraction of sp³-hybridized carbons (Fsp3) is 0.167. The predicted molar refractivity (Wildman–Crippen MR) is 87.4 cm³/mol. The molecule has 6 heteroatoms. The molecule has 0 unspecified atom stereocenters. The van der Waals surface area contributed by atoms with Crippen LogP contribution in [-0.2, 0) is 0 Å². The van der Waals surface area contributed by atoms with E-state index in [2.05, 4.69) is 10.3 Å². The number of aliphatic hydroxyl groups is 1. The minimum Gasteiger partial charge on any atom is -0.395 e. The highest BCUT2D eigenvalue weighted by molar-refractivity contribution is 6.02. The van der Waals surface area contributed by atoms with Crippen LogP contribution in [0, 0.1) is 24.4 Å². The van der Waals surface area contributed by atoms with Gasteiger partial charge in [-0.05, 0) is 18.6 Å². The van der Waals surface area contributed by atoms with E-state index in [1.165, 1.54) is 6.20 Å². The Hall–Kier alpha value is -2.60. The van der Waals surface area contributed by atoms with E-state index in [0.717, 1.165) is 17.2 Å². The Balaban J connectivity index is 2.33. The molecule has 0 fully saturated rings. The van der Waals surface area contributed by atoms with Crippen molar-refractivity contribution in [2.75, 3.05) is 18.5 Å². The molecule has 3 nitrogen and oxygen atoms in total. The van der Waals surface area contributed by atoms with E-state index in [9.17, 15) is 13.2 Å². The second kappa shape index (κ2) is 6.49. The second-order valence-corrected chi connectivity index (χ2v) is 5.45. The van der Waals surface area contributed by atoms with Crippen molar-refractivity contribution in [2.45, 2.75) is 6.92 Å². The molecule has 24 heavy (non-hydrogen) atoms. The van der Waals surface area contributed by atoms with Gasteiger partial charge in [-0.3, -0.25) is 0 Å². The van der Waals surface area contributed by atoms with Crippen LogP contribution in [-0.4, -0.2) is 23.2 Å². The molecule has 0 saturated heterocycles. The molecule has 0 aliphatic heterocycles. The highest BCUT2D eigenvalue weighted by Crippen LogP contribution is 2.35. The minimum absolute atomic E-state index is 0.0619. The van der Waals surface area contributed by atoms with Crippen molar-refractivity contribution in [2.24, 2.45) is 0 Å². The van der Waals surface area contributed by atoms with Crippen molar-refractivity contribution in [3.8, 4) is 11.1 Å². The lowest BCUT2D eigenvalue weighted by molar-refractivity contribution is 0.311. The van der Waals surface area contributed by atoms with Crippen LogP contribution in [0.1, 0.15) is 5.56 Å². The summed E-state index contributed by atoms with van der Waals surface area (Å²) in [5, 5.41) is 11.7. The van der Waals surface area contributed by atoms with Gasteiger partial charge in [-0.15, -0.1) is 0 Å². The van der Waals surface area contributed by atoms with Crippen molar-refractivity contribution >= 4 is 16.6 Å². The van der Waals surface area contributed by atoms with Gasteiger partial charge in [0, 0.05) is 23.7 Å². The van der Waals surface area contributed by atoms with E-state index in [-0.39, 0.29) is 29.7 Å². The first-order valence-electron chi connectivity index (χ1n) is 7.41. The molecule has 0 amide bonds. The maximum atomic E-state index is 14.4. The molecule has 0 radical (unpaired) electrons. The highest BCUT2D eigenvalue weighted by Gasteiger charge is 2.20. The lowest BCUT2D eigenvalue weighted by Gasteiger charge is -2.13. The highest BCUT2D eigenvalue weighted by atomic mass is 19.2. The van der Waals surface area contributed by atoms with Crippen molar-refractivity contribution in [1.82, 2.24) is 4.98 Å². The molecule has 1 heterocycles. The molecule has 2 aromatic carbocycles. The van der Waals surface area contributed by atoms with Crippen LogP contribution in [0.4, 0.5) is 19.0 Å². The standard InChI is InChI=1S/C18H15F3N2O/c1-10-3-2-4-11(7-10)13-9-23-18(22-5-6-24)15-12(13)8-14(19)16(20)17(15)21/h2-4,7-9,24H,5-6H2,1H3,(H,22,23). The van der Waals surface area contributed by atoms with E-state index < -0.39 is 17.5 Å². The van der Waals surface area contributed by atoms with Gasteiger partial charge in [0.1, 0.15) is 5.82 Å². The molecule has 0 saturated carbocycles. The summed E-state index contributed by atoms with van der Waals surface area (Å²) in [5.74, 6) is -4.04. The molecule has 124 valence electrons. The summed E-state index contributed by atoms with van der Waals surface area (Å²) >= 11 is 0. The third kappa shape index (κ3) is 2.80. The Bertz CT molecular complexity index is 912. The SMILES string of the molecule is Cc1cccc(-c2cnc(NCCO)c3c(F)c(F)c(F)cc23)c1. The Morgan fingerprint density at radius 1 is 1.12 bits per heavy atom. The summed E-state index contributed by atoms with van der Waals surface area (Å²) in [6.45, 7) is 1.82. The number of nitrogens with zero attached hydrogens (tertiary/aromatic N) is 1. The molecule has 0 bridgehead atoms. The van der Waals surface area contributed by atoms with Crippen LogP contribution in [0.15, 0.2) is 36.5 Å². The summed E-state index contributed by atoms with van der Waals surface area (Å²) in [6, 6.07) is 8.35. The Morgan fingerprint density at radius 2 is 1.92 bits per heavy atom. The van der Waals surface area contributed by atoms with Crippen LogP contribution in [0.5, 0.6) is 0 Å². The quantitative estimate of drug-likeness (QED) is 0.709. The number of hydrogen-bond donors (Lipinski definition) is 2. The number of aromatic nitrogens is 1.